The summed E-state index contributed by atoms with van der Waals surface area (Å²) in [5.74, 6) is -0.191. The maximum Gasteiger partial charge on any atom is 0.127 e. The summed E-state index contributed by atoms with van der Waals surface area (Å²) in [6.07, 6.45) is 8.85. The van der Waals surface area contributed by atoms with E-state index >= 15 is 0 Å². The molecule has 126 valence electrons. The first-order valence-corrected chi connectivity index (χ1v) is 8.66. The zero-order chi connectivity index (χ0) is 17.2. The van der Waals surface area contributed by atoms with Crippen LogP contribution in [0.2, 0.25) is 0 Å². The predicted molar refractivity (Wildman–Crippen MR) is 101 cm³/mol. The molecule has 0 unspecified atom stereocenters. The quantitative estimate of drug-likeness (QED) is 0.344. The summed E-state index contributed by atoms with van der Waals surface area (Å²) in [5, 5.41) is 8.03. The van der Waals surface area contributed by atoms with E-state index in [2.05, 4.69) is 41.4 Å². The number of halogens is 1. The van der Waals surface area contributed by atoms with Gasteiger partial charge in [-0.05, 0) is 47.6 Å². The van der Waals surface area contributed by atoms with Crippen LogP contribution in [0.3, 0.4) is 0 Å². The van der Waals surface area contributed by atoms with Crippen LogP contribution in [0.5, 0.6) is 0 Å². The van der Waals surface area contributed by atoms with Gasteiger partial charge in [0.2, 0.25) is 0 Å². The summed E-state index contributed by atoms with van der Waals surface area (Å²) < 4.78 is 13.7. The molecular weight excluding hydrogens is 299 g/mol. The Morgan fingerprint density at radius 1 is 0.875 bits per heavy atom. The van der Waals surface area contributed by atoms with Crippen molar-refractivity contribution in [3.05, 3.63) is 70.5 Å². The van der Waals surface area contributed by atoms with Crippen molar-refractivity contribution < 1.29 is 4.39 Å². The molecule has 0 amide bonds. The Labute approximate surface area is 144 Å². The molecule has 0 aliphatic rings. The summed E-state index contributed by atoms with van der Waals surface area (Å²) in [6.45, 7) is 4.15. The maximum atomic E-state index is 13.7. The third-order valence-corrected chi connectivity index (χ3v) is 3.99. The molecule has 2 rings (SSSR count). The van der Waals surface area contributed by atoms with E-state index in [4.69, 9.17) is 0 Å². The van der Waals surface area contributed by atoms with E-state index < -0.39 is 0 Å². The number of nitrogens with zero attached hydrogens (tertiary/aromatic N) is 2. The maximum absolute atomic E-state index is 13.7. The van der Waals surface area contributed by atoms with Gasteiger partial charge < -0.3 is 0 Å². The fraction of sp³-hybridized carbons (Fsp3) is 0.333. The van der Waals surface area contributed by atoms with Crippen LogP contribution >= 0.6 is 0 Å². The number of aryl methyl sites for hydroxylation is 2. The van der Waals surface area contributed by atoms with Gasteiger partial charge >= 0.3 is 0 Å². The van der Waals surface area contributed by atoms with Gasteiger partial charge in [-0.3, -0.25) is 0 Å². The molecule has 3 heteroatoms. The molecule has 0 heterocycles. The highest BCUT2D eigenvalue weighted by Crippen LogP contribution is 2.10. The highest BCUT2D eigenvalue weighted by molar-refractivity contribution is 5.82. The Kier molecular flexibility index (Phi) is 7.34. The van der Waals surface area contributed by atoms with E-state index in [0.29, 0.717) is 12.0 Å². The summed E-state index contributed by atoms with van der Waals surface area (Å²) in [7, 11) is 0. The Balaban J connectivity index is 1.90. The van der Waals surface area contributed by atoms with Crippen LogP contribution in [-0.2, 0) is 12.8 Å². The van der Waals surface area contributed by atoms with Crippen LogP contribution in [-0.4, -0.2) is 12.4 Å². The van der Waals surface area contributed by atoms with E-state index in [1.54, 1.807) is 18.5 Å². The second-order valence-corrected chi connectivity index (χ2v) is 5.89. The van der Waals surface area contributed by atoms with E-state index in [-0.39, 0.29) is 5.82 Å². The largest absolute Gasteiger partial charge is 0.207 e. The molecule has 0 saturated heterocycles. The third-order valence-electron chi connectivity index (χ3n) is 3.99. The molecule has 2 nitrogen and oxygen atoms in total. The van der Waals surface area contributed by atoms with Gasteiger partial charge in [-0.15, -0.1) is 0 Å². The Hall–Kier alpha value is -2.29. The number of unbranched alkanes of at least 4 members (excludes halogenated alkanes) is 2. The van der Waals surface area contributed by atoms with E-state index in [0.717, 1.165) is 17.5 Å². The molecule has 0 fully saturated rings. The average Bonchev–Trinajstić information content (AvgIpc) is 2.60. The molecule has 0 spiro atoms. The fourth-order valence-electron chi connectivity index (χ4n) is 2.48. The average molecular weight is 324 g/mol. The van der Waals surface area contributed by atoms with Gasteiger partial charge in [0.05, 0.1) is 12.4 Å². The normalized spacial score (nSPS) is 11.6. The van der Waals surface area contributed by atoms with Crippen molar-refractivity contribution >= 4 is 12.4 Å². The van der Waals surface area contributed by atoms with Crippen LogP contribution in [0.15, 0.2) is 52.7 Å². The molecule has 0 aliphatic carbocycles. The second kappa shape index (κ2) is 9.76. The van der Waals surface area contributed by atoms with Crippen molar-refractivity contribution in [3.8, 4) is 0 Å². The molecular formula is C21H25FN2. The van der Waals surface area contributed by atoms with Crippen molar-refractivity contribution in [1.29, 1.82) is 0 Å². The van der Waals surface area contributed by atoms with Crippen LogP contribution in [0.4, 0.5) is 4.39 Å². The molecule has 0 atom stereocenters. The van der Waals surface area contributed by atoms with Crippen LogP contribution < -0.4 is 0 Å². The summed E-state index contributed by atoms with van der Waals surface area (Å²) in [4.78, 5) is 0. The van der Waals surface area contributed by atoms with Crippen molar-refractivity contribution in [3.63, 3.8) is 0 Å². The van der Waals surface area contributed by atoms with Crippen molar-refractivity contribution in [1.82, 2.24) is 0 Å². The smallest absolute Gasteiger partial charge is 0.127 e. The SMILES string of the molecule is CCCCCc1ccc(C=NN=Cc2ccc(CC)c(F)c2)cc1. The minimum atomic E-state index is -0.191. The van der Waals surface area contributed by atoms with Gasteiger partial charge in [-0.1, -0.05) is 63.1 Å². The van der Waals surface area contributed by atoms with Crippen molar-refractivity contribution in [2.75, 3.05) is 0 Å². The highest BCUT2D eigenvalue weighted by Gasteiger charge is 1.99. The number of hydrogen-bond acceptors (Lipinski definition) is 2. The first-order chi connectivity index (χ1) is 11.7. The summed E-state index contributed by atoms with van der Waals surface area (Å²) in [6, 6.07) is 13.5. The highest BCUT2D eigenvalue weighted by atomic mass is 19.1. The van der Waals surface area contributed by atoms with Gasteiger partial charge in [0.15, 0.2) is 0 Å². The van der Waals surface area contributed by atoms with E-state index in [9.17, 15) is 4.39 Å². The monoisotopic (exact) mass is 324 g/mol. The molecule has 0 N–H and O–H groups in total. The Morgan fingerprint density at radius 3 is 2.17 bits per heavy atom. The van der Waals surface area contributed by atoms with E-state index in [1.807, 2.05) is 13.0 Å². The van der Waals surface area contributed by atoms with Gasteiger partial charge in [-0.25, -0.2) is 4.39 Å². The molecule has 0 bridgehead atoms. The van der Waals surface area contributed by atoms with Crippen LogP contribution in [0.25, 0.3) is 0 Å². The second-order valence-electron chi connectivity index (χ2n) is 5.89. The van der Waals surface area contributed by atoms with Crippen molar-refractivity contribution in [2.45, 2.75) is 46.0 Å². The first-order valence-electron chi connectivity index (χ1n) is 8.66. The zero-order valence-corrected chi connectivity index (χ0v) is 14.5. The summed E-state index contributed by atoms with van der Waals surface area (Å²) >= 11 is 0. The number of hydrogen-bond donors (Lipinski definition) is 0. The Morgan fingerprint density at radius 2 is 1.54 bits per heavy atom. The number of benzene rings is 2. The molecule has 0 aliphatic heterocycles. The zero-order valence-electron chi connectivity index (χ0n) is 14.5. The minimum absolute atomic E-state index is 0.191. The summed E-state index contributed by atoms with van der Waals surface area (Å²) in [5.41, 5.74) is 3.80. The van der Waals surface area contributed by atoms with Gasteiger partial charge in [0.25, 0.3) is 0 Å². The standard InChI is InChI=1S/C21H25FN2/c1-3-5-6-7-17-8-10-18(11-9-17)15-23-24-16-19-12-13-20(4-2)21(22)14-19/h8-16H,3-7H2,1-2H3. The fourth-order valence-corrected chi connectivity index (χ4v) is 2.48. The lowest BCUT2D eigenvalue weighted by molar-refractivity contribution is 0.612. The van der Waals surface area contributed by atoms with E-state index in [1.165, 1.54) is 30.9 Å². The molecule has 2 aromatic carbocycles. The molecule has 0 radical (unpaired) electrons. The molecule has 0 aromatic heterocycles. The van der Waals surface area contributed by atoms with Crippen LogP contribution in [0, 0.1) is 5.82 Å². The topological polar surface area (TPSA) is 24.7 Å². The van der Waals surface area contributed by atoms with Crippen LogP contribution in [0.1, 0.15) is 55.4 Å². The van der Waals surface area contributed by atoms with Gasteiger partial charge in [0.1, 0.15) is 5.82 Å². The third kappa shape index (κ3) is 5.73. The lowest BCUT2D eigenvalue weighted by Gasteiger charge is -2.00. The predicted octanol–water partition coefficient (Wildman–Crippen LogP) is 5.57. The molecule has 2 aromatic rings. The lowest BCUT2D eigenvalue weighted by atomic mass is 10.1. The number of rotatable bonds is 8. The minimum Gasteiger partial charge on any atom is -0.207 e. The molecule has 24 heavy (non-hydrogen) atoms. The van der Waals surface area contributed by atoms with Gasteiger partial charge in [-0.2, -0.15) is 10.2 Å². The first kappa shape index (κ1) is 18.1. The lowest BCUT2D eigenvalue weighted by Crippen LogP contribution is -1.90. The molecule has 0 saturated carbocycles. The van der Waals surface area contributed by atoms with Crippen molar-refractivity contribution in [2.24, 2.45) is 10.2 Å². The van der Waals surface area contributed by atoms with Gasteiger partial charge in [0, 0.05) is 0 Å². The Bertz CT molecular complexity index is 687.